The van der Waals surface area contributed by atoms with Gasteiger partial charge in [0.05, 0.1) is 5.56 Å². The van der Waals surface area contributed by atoms with Crippen molar-refractivity contribution in [2.45, 2.75) is 19.7 Å². The lowest BCUT2D eigenvalue weighted by Gasteiger charge is -2.08. The highest BCUT2D eigenvalue weighted by Gasteiger charge is 2.30. The fraction of sp³-hybridized carbons (Fsp3) is 0.200. The number of halogens is 3. The molecule has 0 saturated heterocycles. The van der Waals surface area contributed by atoms with Crippen LogP contribution in [0.4, 0.5) is 13.2 Å². The molecule has 2 aromatic heterocycles. The van der Waals surface area contributed by atoms with Gasteiger partial charge in [0.15, 0.2) is 12.4 Å². The molecule has 0 N–H and O–H groups in total. The van der Waals surface area contributed by atoms with Crippen LogP contribution in [0.3, 0.4) is 0 Å². The van der Waals surface area contributed by atoms with E-state index in [1.165, 1.54) is 12.1 Å². The van der Waals surface area contributed by atoms with Crippen LogP contribution in [-0.2, 0) is 12.8 Å². The van der Waals surface area contributed by atoms with Crippen LogP contribution in [0.5, 0.6) is 5.75 Å². The van der Waals surface area contributed by atoms with Gasteiger partial charge < -0.3 is 13.6 Å². The van der Waals surface area contributed by atoms with E-state index in [9.17, 15) is 13.2 Å². The third kappa shape index (κ3) is 3.53. The SMILES string of the molecule is Cc1ccc(-c2nnc(COc3cccc(C(F)(F)F)c3)o2)o1. The van der Waals surface area contributed by atoms with Gasteiger partial charge in [-0.3, -0.25) is 0 Å². The summed E-state index contributed by atoms with van der Waals surface area (Å²) in [6.07, 6.45) is -4.42. The molecule has 0 radical (unpaired) electrons. The standard InChI is InChI=1S/C15H11F3N2O3/c1-9-5-6-12(22-9)14-20-19-13(23-14)8-21-11-4-2-3-10(7-11)15(16,17)18/h2-7H,8H2,1H3. The van der Waals surface area contributed by atoms with Gasteiger partial charge in [0.2, 0.25) is 0 Å². The molecular formula is C15H11F3N2O3. The maximum atomic E-state index is 12.6. The first kappa shape index (κ1) is 15.1. The summed E-state index contributed by atoms with van der Waals surface area (Å²) in [5.74, 6) is 1.49. The summed E-state index contributed by atoms with van der Waals surface area (Å²) in [7, 11) is 0. The summed E-state index contributed by atoms with van der Waals surface area (Å²) >= 11 is 0. The van der Waals surface area contributed by atoms with Crippen molar-refractivity contribution in [2.24, 2.45) is 0 Å². The molecule has 3 rings (SSSR count). The van der Waals surface area contributed by atoms with Crippen LogP contribution in [0.15, 0.2) is 45.2 Å². The number of alkyl halides is 3. The number of aromatic nitrogens is 2. The Hall–Kier alpha value is -2.77. The number of furan rings is 1. The molecule has 0 atom stereocenters. The minimum absolute atomic E-state index is 0.0634. The predicted octanol–water partition coefficient (Wildman–Crippen LogP) is 4.24. The van der Waals surface area contributed by atoms with E-state index in [1.807, 2.05) is 0 Å². The van der Waals surface area contributed by atoms with E-state index in [-0.39, 0.29) is 24.1 Å². The monoisotopic (exact) mass is 324 g/mol. The number of benzene rings is 1. The molecular weight excluding hydrogens is 313 g/mol. The van der Waals surface area contributed by atoms with Crippen LogP contribution in [0.25, 0.3) is 11.7 Å². The number of ether oxygens (including phenoxy) is 1. The number of hydrogen-bond acceptors (Lipinski definition) is 5. The van der Waals surface area contributed by atoms with Gasteiger partial charge in [-0.1, -0.05) is 6.07 Å². The molecule has 2 heterocycles. The average molecular weight is 324 g/mol. The van der Waals surface area contributed by atoms with Gasteiger partial charge in [-0.15, -0.1) is 10.2 Å². The lowest BCUT2D eigenvalue weighted by Crippen LogP contribution is -2.05. The Labute approximate surface area is 128 Å². The zero-order valence-corrected chi connectivity index (χ0v) is 11.9. The molecule has 0 unspecified atom stereocenters. The van der Waals surface area contributed by atoms with Gasteiger partial charge in [0, 0.05) is 0 Å². The number of rotatable bonds is 4. The van der Waals surface area contributed by atoms with Crippen molar-refractivity contribution in [2.75, 3.05) is 0 Å². The van der Waals surface area contributed by atoms with E-state index in [4.69, 9.17) is 13.6 Å². The van der Waals surface area contributed by atoms with E-state index in [0.717, 1.165) is 12.1 Å². The molecule has 1 aromatic carbocycles. The minimum atomic E-state index is -4.42. The van der Waals surface area contributed by atoms with Crippen molar-refractivity contribution >= 4 is 0 Å². The lowest BCUT2D eigenvalue weighted by molar-refractivity contribution is -0.137. The first-order valence-corrected chi connectivity index (χ1v) is 6.61. The van der Waals surface area contributed by atoms with E-state index >= 15 is 0 Å². The van der Waals surface area contributed by atoms with Crippen LogP contribution in [0, 0.1) is 6.92 Å². The van der Waals surface area contributed by atoms with Crippen molar-refractivity contribution < 1.29 is 26.7 Å². The first-order chi connectivity index (χ1) is 10.9. The Balaban J connectivity index is 1.68. The molecule has 3 aromatic rings. The highest BCUT2D eigenvalue weighted by Crippen LogP contribution is 2.31. The quantitative estimate of drug-likeness (QED) is 0.718. The Morgan fingerprint density at radius 1 is 1.09 bits per heavy atom. The van der Waals surface area contributed by atoms with Crippen molar-refractivity contribution in [3.63, 3.8) is 0 Å². The number of aryl methyl sites for hydroxylation is 1. The summed E-state index contributed by atoms with van der Waals surface area (Å²) in [5, 5.41) is 7.56. The highest BCUT2D eigenvalue weighted by molar-refractivity contribution is 5.43. The van der Waals surface area contributed by atoms with Gasteiger partial charge >= 0.3 is 6.18 Å². The molecule has 0 spiro atoms. The molecule has 0 aliphatic carbocycles. The lowest BCUT2D eigenvalue weighted by atomic mass is 10.2. The highest BCUT2D eigenvalue weighted by atomic mass is 19.4. The molecule has 5 nitrogen and oxygen atoms in total. The van der Waals surface area contributed by atoms with Gasteiger partial charge in [-0.25, -0.2) is 0 Å². The van der Waals surface area contributed by atoms with Crippen LogP contribution < -0.4 is 4.74 Å². The van der Waals surface area contributed by atoms with Crippen molar-refractivity contribution in [1.82, 2.24) is 10.2 Å². The smallest absolute Gasteiger partial charge is 0.416 e. The molecule has 0 bridgehead atoms. The first-order valence-electron chi connectivity index (χ1n) is 6.61. The predicted molar refractivity (Wildman–Crippen MR) is 72.5 cm³/mol. The fourth-order valence-corrected chi connectivity index (χ4v) is 1.87. The van der Waals surface area contributed by atoms with Crippen LogP contribution >= 0.6 is 0 Å². The normalized spacial score (nSPS) is 11.7. The second-order valence-electron chi connectivity index (χ2n) is 4.73. The zero-order chi connectivity index (χ0) is 16.4. The largest absolute Gasteiger partial charge is 0.484 e. The molecule has 8 heteroatoms. The maximum Gasteiger partial charge on any atom is 0.416 e. The Bertz CT molecular complexity index is 808. The van der Waals surface area contributed by atoms with Crippen molar-refractivity contribution in [3.05, 3.63) is 53.6 Å². The van der Waals surface area contributed by atoms with E-state index in [1.54, 1.807) is 19.1 Å². The van der Waals surface area contributed by atoms with Gasteiger partial charge in [0.25, 0.3) is 11.8 Å². The van der Waals surface area contributed by atoms with Gasteiger partial charge in [0.1, 0.15) is 11.5 Å². The van der Waals surface area contributed by atoms with Crippen LogP contribution in [-0.4, -0.2) is 10.2 Å². The topological polar surface area (TPSA) is 61.3 Å². The molecule has 0 fully saturated rings. The van der Waals surface area contributed by atoms with Gasteiger partial charge in [-0.05, 0) is 37.3 Å². The third-order valence-corrected chi connectivity index (χ3v) is 2.94. The summed E-state index contributed by atoms with van der Waals surface area (Å²) in [4.78, 5) is 0. The van der Waals surface area contributed by atoms with Crippen LogP contribution in [0.2, 0.25) is 0 Å². The Morgan fingerprint density at radius 2 is 1.91 bits per heavy atom. The van der Waals surface area contributed by atoms with Gasteiger partial charge in [-0.2, -0.15) is 13.2 Å². The fourth-order valence-electron chi connectivity index (χ4n) is 1.87. The van der Waals surface area contributed by atoms with Crippen molar-refractivity contribution in [3.8, 4) is 17.4 Å². The number of hydrogen-bond donors (Lipinski definition) is 0. The molecule has 0 aliphatic heterocycles. The van der Waals surface area contributed by atoms with E-state index in [2.05, 4.69) is 10.2 Å². The summed E-state index contributed by atoms with van der Waals surface area (Å²) in [6.45, 7) is 1.63. The number of nitrogens with zero attached hydrogens (tertiary/aromatic N) is 2. The van der Waals surface area contributed by atoms with E-state index in [0.29, 0.717) is 11.5 Å². The second kappa shape index (κ2) is 5.79. The second-order valence-corrected chi connectivity index (χ2v) is 4.73. The Kier molecular flexibility index (Phi) is 3.81. The third-order valence-electron chi connectivity index (χ3n) is 2.94. The molecule has 0 amide bonds. The molecule has 0 aliphatic rings. The minimum Gasteiger partial charge on any atom is -0.484 e. The summed E-state index contributed by atoms with van der Waals surface area (Å²) < 4.78 is 53.8. The average Bonchev–Trinajstić information content (AvgIpc) is 3.13. The summed E-state index contributed by atoms with van der Waals surface area (Å²) in [5.41, 5.74) is -0.785. The van der Waals surface area contributed by atoms with E-state index < -0.39 is 11.7 Å². The molecule has 120 valence electrons. The van der Waals surface area contributed by atoms with Crippen molar-refractivity contribution in [1.29, 1.82) is 0 Å². The molecule has 23 heavy (non-hydrogen) atoms. The molecule has 0 saturated carbocycles. The van der Waals surface area contributed by atoms with Crippen LogP contribution in [0.1, 0.15) is 17.2 Å². The summed E-state index contributed by atoms with van der Waals surface area (Å²) in [6, 6.07) is 7.99. The zero-order valence-electron chi connectivity index (χ0n) is 11.9. The Morgan fingerprint density at radius 3 is 2.61 bits per heavy atom. The maximum absolute atomic E-state index is 12.6.